The zero-order chi connectivity index (χ0) is 18.6. The molecule has 0 saturated carbocycles. The number of nitrogens with one attached hydrogen (secondary N) is 2. The minimum atomic E-state index is 0. The molecule has 2 N–H and O–H groups in total. The summed E-state index contributed by atoms with van der Waals surface area (Å²) >= 11 is 0. The van der Waals surface area contributed by atoms with Crippen molar-refractivity contribution < 1.29 is 9.53 Å². The molecule has 0 radical (unpaired) electrons. The summed E-state index contributed by atoms with van der Waals surface area (Å²) in [5.74, 6) is 1.06. The molecule has 1 heterocycles. The normalized spacial score (nSPS) is 14.2. The number of amides is 1. The molecular formula is C20H33IN4O2. The Labute approximate surface area is 180 Å². The first-order chi connectivity index (χ1) is 12.7. The summed E-state index contributed by atoms with van der Waals surface area (Å²) in [5, 5.41) is 6.70. The van der Waals surface area contributed by atoms with E-state index >= 15 is 0 Å². The van der Waals surface area contributed by atoms with Gasteiger partial charge in [0.15, 0.2) is 5.96 Å². The molecule has 0 unspecified atom stereocenters. The smallest absolute Gasteiger partial charge is 0.222 e. The van der Waals surface area contributed by atoms with Crippen LogP contribution in [-0.4, -0.2) is 50.1 Å². The van der Waals surface area contributed by atoms with Gasteiger partial charge in [0.1, 0.15) is 0 Å². The summed E-state index contributed by atoms with van der Waals surface area (Å²) < 4.78 is 5.35. The van der Waals surface area contributed by atoms with E-state index in [9.17, 15) is 4.79 Å². The van der Waals surface area contributed by atoms with Crippen LogP contribution in [0.2, 0.25) is 0 Å². The van der Waals surface area contributed by atoms with E-state index in [1.54, 1.807) is 7.05 Å². The van der Waals surface area contributed by atoms with Crippen LogP contribution in [0.4, 0.5) is 0 Å². The van der Waals surface area contributed by atoms with Gasteiger partial charge in [0.25, 0.3) is 0 Å². The van der Waals surface area contributed by atoms with E-state index in [0.717, 1.165) is 51.5 Å². The first-order valence-electron chi connectivity index (χ1n) is 9.61. The molecule has 27 heavy (non-hydrogen) atoms. The van der Waals surface area contributed by atoms with E-state index < -0.39 is 0 Å². The number of halogens is 1. The van der Waals surface area contributed by atoms with Crippen molar-refractivity contribution in [1.29, 1.82) is 0 Å². The SMILES string of the molecule is CCOCCCCNC(=NC)NCc1ccccc1CN1CCCC1=O.I. The van der Waals surface area contributed by atoms with Gasteiger partial charge in [0.05, 0.1) is 0 Å². The number of ether oxygens (including phenoxy) is 1. The summed E-state index contributed by atoms with van der Waals surface area (Å²) in [7, 11) is 1.78. The Kier molecular flexibility index (Phi) is 12.1. The van der Waals surface area contributed by atoms with Gasteiger partial charge in [-0.1, -0.05) is 24.3 Å². The molecule has 7 heteroatoms. The van der Waals surface area contributed by atoms with Gasteiger partial charge in [-0.15, -0.1) is 24.0 Å². The number of guanidine groups is 1. The van der Waals surface area contributed by atoms with Gasteiger partial charge in [-0.3, -0.25) is 9.79 Å². The van der Waals surface area contributed by atoms with Crippen molar-refractivity contribution in [3.05, 3.63) is 35.4 Å². The van der Waals surface area contributed by atoms with E-state index in [0.29, 0.717) is 19.5 Å². The highest BCUT2D eigenvalue weighted by Gasteiger charge is 2.20. The largest absolute Gasteiger partial charge is 0.382 e. The fraction of sp³-hybridized carbons (Fsp3) is 0.600. The minimum absolute atomic E-state index is 0. The van der Waals surface area contributed by atoms with Crippen LogP contribution in [0.5, 0.6) is 0 Å². The number of rotatable bonds is 10. The lowest BCUT2D eigenvalue weighted by molar-refractivity contribution is -0.128. The summed E-state index contributed by atoms with van der Waals surface area (Å²) in [5.41, 5.74) is 2.40. The zero-order valence-corrected chi connectivity index (χ0v) is 18.8. The quantitative estimate of drug-likeness (QED) is 0.230. The maximum Gasteiger partial charge on any atom is 0.222 e. The third-order valence-corrected chi connectivity index (χ3v) is 4.53. The molecule has 152 valence electrons. The number of hydrogen-bond acceptors (Lipinski definition) is 3. The first kappa shape index (κ1) is 23.7. The number of nitrogens with zero attached hydrogens (tertiary/aromatic N) is 2. The average Bonchev–Trinajstić information content (AvgIpc) is 3.06. The van der Waals surface area contributed by atoms with Crippen LogP contribution in [-0.2, 0) is 22.6 Å². The number of unbranched alkanes of at least 4 members (excludes halogenated alkanes) is 1. The molecule has 1 aromatic rings. The maximum atomic E-state index is 11.9. The lowest BCUT2D eigenvalue weighted by Gasteiger charge is -2.19. The molecule has 6 nitrogen and oxygen atoms in total. The second-order valence-electron chi connectivity index (χ2n) is 6.44. The standard InChI is InChI=1S/C20H32N4O2.HI/c1-3-26-14-7-6-12-22-20(21-2)23-15-17-9-4-5-10-18(17)16-24-13-8-11-19(24)25;/h4-5,9-10H,3,6-8,11-16H2,1-2H3,(H2,21,22,23);1H. The molecule has 0 aliphatic carbocycles. The van der Waals surface area contributed by atoms with Crippen molar-refractivity contribution in [1.82, 2.24) is 15.5 Å². The molecule has 0 aromatic heterocycles. The van der Waals surface area contributed by atoms with Crippen molar-refractivity contribution in [3.8, 4) is 0 Å². The summed E-state index contributed by atoms with van der Waals surface area (Å²) in [6.07, 6.45) is 3.75. The second kappa shape index (κ2) is 13.8. The Morgan fingerprint density at radius 3 is 2.67 bits per heavy atom. The second-order valence-corrected chi connectivity index (χ2v) is 6.44. The molecule has 0 bridgehead atoms. The molecule has 1 aliphatic rings. The van der Waals surface area contributed by atoms with Gasteiger partial charge >= 0.3 is 0 Å². The van der Waals surface area contributed by atoms with Gasteiger partial charge in [-0.05, 0) is 37.3 Å². The Bertz CT molecular complexity index is 595. The Morgan fingerprint density at radius 2 is 2.00 bits per heavy atom. The molecule has 1 aliphatic heterocycles. The van der Waals surface area contributed by atoms with E-state index in [2.05, 4.69) is 27.8 Å². The fourth-order valence-electron chi connectivity index (χ4n) is 3.04. The monoisotopic (exact) mass is 488 g/mol. The molecule has 0 atom stereocenters. The molecule has 1 saturated heterocycles. The lowest BCUT2D eigenvalue weighted by atomic mass is 10.1. The van der Waals surface area contributed by atoms with Crippen LogP contribution >= 0.6 is 24.0 Å². The highest BCUT2D eigenvalue weighted by Crippen LogP contribution is 2.17. The van der Waals surface area contributed by atoms with Gasteiger partial charge in [0.2, 0.25) is 5.91 Å². The first-order valence-corrected chi connectivity index (χ1v) is 9.61. The summed E-state index contributed by atoms with van der Waals surface area (Å²) in [6.45, 7) is 6.73. The lowest BCUT2D eigenvalue weighted by Crippen LogP contribution is -2.37. The van der Waals surface area contributed by atoms with Crippen LogP contribution in [0.15, 0.2) is 29.3 Å². The highest BCUT2D eigenvalue weighted by molar-refractivity contribution is 14.0. The highest BCUT2D eigenvalue weighted by atomic mass is 127. The zero-order valence-electron chi connectivity index (χ0n) is 16.5. The molecule has 1 amide bonds. The number of benzene rings is 1. The summed E-state index contributed by atoms with van der Waals surface area (Å²) in [4.78, 5) is 18.1. The van der Waals surface area contributed by atoms with Crippen LogP contribution in [0.3, 0.4) is 0 Å². The van der Waals surface area contributed by atoms with Crippen LogP contribution in [0.25, 0.3) is 0 Å². The predicted molar refractivity (Wildman–Crippen MR) is 120 cm³/mol. The Hall–Kier alpha value is -1.35. The molecule has 1 fully saturated rings. The van der Waals surface area contributed by atoms with Crippen molar-refractivity contribution in [2.45, 2.75) is 45.7 Å². The van der Waals surface area contributed by atoms with Gasteiger partial charge in [-0.2, -0.15) is 0 Å². The van der Waals surface area contributed by atoms with E-state index in [-0.39, 0.29) is 29.9 Å². The molecular weight excluding hydrogens is 455 g/mol. The van der Waals surface area contributed by atoms with Crippen LogP contribution in [0.1, 0.15) is 43.7 Å². The van der Waals surface area contributed by atoms with Gasteiger partial charge in [0, 0.05) is 52.9 Å². The van der Waals surface area contributed by atoms with Crippen LogP contribution in [0, 0.1) is 0 Å². The van der Waals surface area contributed by atoms with Gasteiger partial charge in [-0.25, -0.2) is 0 Å². The molecule has 2 rings (SSSR count). The third-order valence-electron chi connectivity index (χ3n) is 4.53. The number of aliphatic imine (C=N–C) groups is 1. The van der Waals surface area contributed by atoms with E-state index in [4.69, 9.17) is 4.74 Å². The minimum Gasteiger partial charge on any atom is -0.382 e. The van der Waals surface area contributed by atoms with Gasteiger partial charge < -0.3 is 20.3 Å². The molecule has 0 spiro atoms. The Balaban J connectivity index is 0.00000364. The number of likely N-dealkylation sites (tertiary alicyclic amines) is 1. The predicted octanol–water partition coefficient (Wildman–Crippen LogP) is 2.91. The number of hydrogen-bond donors (Lipinski definition) is 2. The average molecular weight is 488 g/mol. The van der Waals surface area contributed by atoms with E-state index in [1.165, 1.54) is 11.1 Å². The van der Waals surface area contributed by atoms with Crippen LogP contribution < -0.4 is 10.6 Å². The number of carbonyl (C=O) groups excluding carboxylic acids is 1. The number of carbonyl (C=O) groups is 1. The topological polar surface area (TPSA) is 66.0 Å². The maximum absolute atomic E-state index is 11.9. The fourth-order valence-corrected chi connectivity index (χ4v) is 3.04. The van der Waals surface area contributed by atoms with Crippen molar-refractivity contribution in [2.24, 2.45) is 4.99 Å². The molecule has 1 aromatic carbocycles. The van der Waals surface area contributed by atoms with Crippen molar-refractivity contribution in [2.75, 3.05) is 33.4 Å². The third kappa shape index (κ3) is 8.47. The van der Waals surface area contributed by atoms with Crippen molar-refractivity contribution >= 4 is 35.8 Å². The van der Waals surface area contributed by atoms with Crippen molar-refractivity contribution in [3.63, 3.8) is 0 Å². The Morgan fingerprint density at radius 1 is 1.22 bits per heavy atom. The summed E-state index contributed by atoms with van der Waals surface area (Å²) in [6, 6.07) is 8.28. The van der Waals surface area contributed by atoms with E-state index in [1.807, 2.05) is 24.0 Å².